The molecule has 5 aromatic carbocycles. The van der Waals surface area contributed by atoms with E-state index >= 15 is 0 Å². The molecule has 6 rings (SSSR count). The molecule has 0 radical (unpaired) electrons. The van der Waals surface area contributed by atoms with Gasteiger partial charge in [-0.3, -0.25) is 4.79 Å². The zero-order chi connectivity index (χ0) is 39.3. The molecule has 5 aromatic rings. The molecule has 0 fully saturated rings. The van der Waals surface area contributed by atoms with Crippen molar-refractivity contribution >= 4 is 36.3 Å². The van der Waals surface area contributed by atoms with E-state index in [1.54, 1.807) is 42.5 Å². The first kappa shape index (κ1) is 38.2. The lowest BCUT2D eigenvalue weighted by Gasteiger charge is -2.25. The van der Waals surface area contributed by atoms with Crippen LogP contribution in [0.5, 0.6) is 23.0 Å². The average molecular weight is 794 g/mol. The van der Waals surface area contributed by atoms with Crippen molar-refractivity contribution in [1.82, 2.24) is 0 Å². The predicted molar refractivity (Wildman–Crippen MR) is 184 cm³/mol. The molecule has 15 nitrogen and oxygen atoms in total. The van der Waals surface area contributed by atoms with Crippen molar-refractivity contribution in [1.29, 1.82) is 0 Å². The number of hydrogen-bond acceptors (Lipinski definition) is 14. The Morgan fingerprint density at radius 2 is 0.926 bits per heavy atom. The largest absolute Gasteiger partial charge is 0.872 e. The van der Waals surface area contributed by atoms with Gasteiger partial charge in [0.15, 0.2) is 6.61 Å². The molecular weight excluding hydrogens is 767 g/mol. The third kappa shape index (κ3) is 8.03. The summed E-state index contributed by atoms with van der Waals surface area (Å²) in [5.74, 6) is -3.13. The van der Waals surface area contributed by atoms with Crippen LogP contribution < -0.4 is 15.6 Å². The molecule has 1 amide bonds. The number of rotatable bonds is 7. The van der Waals surface area contributed by atoms with E-state index < -0.39 is 112 Å². The van der Waals surface area contributed by atoms with Gasteiger partial charge in [-0.05, 0) is 104 Å². The molecule has 0 atom stereocenters. The zero-order valence-corrected chi connectivity index (χ0v) is 30.1. The quantitative estimate of drug-likeness (QED) is 0.195. The molecule has 0 saturated heterocycles. The number of hydrogen-bond donors (Lipinski definition) is 3. The van der Waals surface area contributed by atoms with Crippen LogP contribution in [-0.4, -0.2) is 61.6 Å². The van der Waals surface area contributed by atoms with Crippen LogP contribution in [0.3, 0.4) is 0 Å². The number of phenols is 2. The van der Waals surface area contributed by atoms with Crippen LogP contribution in [0.4, 0.5) is 0 Å². The monoisotopic (exact) mass is 793 g/mol. The number of ether oxygens (including phenoxy) is 1. The van der Waals surface area contributed by atoms with Crippen LogP contribution >= 0.6 is 0 Å². The second-order valence-corrected chi connectivity index (χ2v) is 16.7. The Labute approximate surface area is 309 Å². The van der Waals surface area contributed by atoms with E-state index in [1.165, 1.54) is 0 Å². The maximum Gasteiger partial charge on any atom is 0.255 e. The lowest BCUT2D eigenvalue weighted by atomic mass is 9.89. The second-order valence-electron chi connectivity index (χ2n) is 12.6. The molecule has 0 saturated carbocycles. The van der Waals surface area contributed by atoms with E-state index in [0.29, 0.717) is 23.3 Å². The van der Waals surface area contributed by atoms with E-state index in [4.69, 9.17) is 10.5 Å². The van der Waals surface area contributed by atoms with E-state index in [-0.39, 0.29) is 39.1 Å². The molecule has 0 spiro atoms. The number of primary amides is 1. The Morgan fingerprint density at radius 3 is 1.28 bits per heavy atom. The fraction of sp³-hybridized carbons (Fsp3) is 0.139. The first-order valence-corrected chi connectivity index (χ1v) is 19.9. The van der Waals surface area contributed by atoms with Gasteiger partial charge < -0.3 is 39.4 Å². The minimum atomic E-state index is -5.28. The molecule has 0 aromatic heterocycles. The Bertz CT molecular complexity index is 2560. The lowest BCUT2D eigenvalue weighted by Crippen LogP contribution is -2.21. The topological polar surface area (TPSA) is 287 Å². The smallest absolute Gasteiger partial charge is 0.255 e. The fourth-order valence-corrected chi connectivity index (χ4v) is 8.10. The van der Waals surface area contributed by atoms with Gasteiger partial charge in [-0.15, -0.1) is 5.75 Å². The highest BCUT2D eigenvalue weighted by atomic mass is 32.2. The van der Waals surface area contributed by atoms with Crippen LogP contribution in [0.25, 0.3) is 11.1 Å². The highest BCUT2D eigenvalue weighted by molar-refractivity contribution is 7.86. The molecule has 8 bridgehead atoms. The minimum Gasteiger partial charge on any atom is -0.872 e. The first-order chi connectivity index (χ1) is 25.2. The highest BCUT2D eigenvalue weighted by Crippen LogP contribution is 2.41. The number of nitrogens with two attached hydrogens (primary N) is 1. The minimum absolute atomic E-state index is 0.0643. The maximum atomic E-state index is 13.8. The Balaban J connectivity index is 1.75. The summed E-state index contributed by atoms with van der Waals surface area (Å²) in [6.07, 6.45) is -2.27. The maximum absolute atomic E-state index is 13.8. The number of carbonyl (C=O) groups is 1. The molecule has 1 aliphatic carbocycles. The average Bonchev–Trinajstić information content (AvgIpc) is 3.07. The van der Waals surface area contributed by atoms with Crippen molar-refractivity contribution in [3.63, 3.8) is 0 Å². The molecule has 4 N–H and O–H groups in total. The van der Waals surface area contributed by atoms with Crippen molar-refractivity contribution < 1.29 is 63.8 Å². The molecule has 1 aliphatic rings. The number of phenolic OH excluding ortho intramolecular Hbond substituents is 2. The van der Waals surface area contributed by atoms with Crippen LogP contribution in [-0.2, 0) is 60.8 Å². The van der Waals surface area contributed by atoms with E-state index in [0.717, 1.165) is 24.3 Å². The molecule has 18 heteroatoms. The molecular formula is C36H27NO14S3-4. The van der Waals surface area contributed by atoms with Gasteiger partial charge >= 0.3 is 0 Å². The summed E-state index contributed by atoms with van der Waals surface area (Å²) in [5, 5.41) is 36.9. The van der Waals surface area contributed by atoms with Crippen molar-refractivity contribution in [2.75, 3.05) is 6.61 Å². The summed E-state index contributed by atoms with van der Waals surface area (Å²) < 4.78 is 117. The summed E-state index contributed by atoms with van der Waals surface area (Å²) in [5.41, 5.74) is 4.88. The molecule has 0 unspecified atom stereocenters. The van der Waals surface area contributed by atoms with E-state index in [9.17, 15) is 59.0 Å². The number of aromatic hydroxyl groups is 2. The highest BCUT2D eigenvalue weighted by Gasteiger charge is 2.24. The lowest BCUT2D eigenvalue weighted by molar-refractivity contribution is -0.270. The summed E-state index contributed by atoms with van der Waals surface area (Å²) in [6, 6.07) is 16.6. The van der Waals surface area contributed by atoms with Crippen molar-refractivity contribution in [2.45, 2.75) is 40.4 Å². The molecule has 0 heterocycles. The first-order valence-electron chi connectivity index (χ1n) is 15.7. The van der Waals surface area contributed by atoms with Crippen LogP contribution in [0.1, 0.15) is 44.5 Å². The van der Waals surface area contributed by atoms with Gasteiger partial charge in [-0.25, -0.2) is 25.3 Å². The van der Waals surface area contributed by atoms with Gasteiger partial charge in [-0.2, -0.15) is 0 Å². The van der Waals surface area contributed by atoms with Crippen molar-refractivity contribution in [3.05, 3.63) is 123 Å². The summed E-state index contributed by atoms with van der Waals surface area (Å²) >= 11 is 0. The molecule has 282 valence electrons. The van der Waals surface area contributed by atoms with Gasteiger partial charge in [0.1, 0.15) is 47.6 Å². The SMILES string of the molecule is NC(=O)COc1c2cc(-c3ccccc3)cc1Cc1cc(S(=O)(=O)[O-])cc(c1O)Cc1cc(S(=O)(=O)[O-])cc(c1[O-])Cc1cc(S(=O)(=O)[O-])cc(c1O)C2. The van der Waals surface area contributed by atoms with Crippen LogP contribution in [0.2, 0.25) is 0 Å². The Morgan fingerprint density at radius 1 is 0.574 bits per heavy atom. The predicted octanol–water partition coefficient (Wildman–Crippen LogP) is 2.09. The van der Waals surface area contributed by atoms with E-state index in [2.05, 4.69) is 0 Å². The van der Waals surface area contributed by atoms with Gasteiger partial charge in [0, 0.05) is 25.7 Å². The van der Waals surface area contributed by atoms with Crippen LogP contribution in [0, 0.1) is 0 Å². The molecule has 54 heavy (non-hydrogen) atoms. The van der Waals surface area contributed by atoms with Gasteiger partial charge in [0.25, 0.3) is 5.91 Å². The number of benzene rings is 5. The Kier molecular flexibility index (Phi) is 9.95. The molecule has 0 aliphatic heterocycles. The normalized spacial score (nSPS) is 13.3. The number of carbonyl (C=O) groups excluding carboxylic acids is 1. The fourth-order valence-electron chi connectivity index (χ4n) is 6.38. The number of fused-ring (bicyclic) bond motifs is 8. The Hall–Kier alpha value is -5.50. The third-order valence-electron chi connectivity index (χ3n) is 8.80. The van der Waals surface area contributed by atoms with E-state index in [1.807, 2.05) is 0 Å². The van der Waals surface area contributed by atoms with Gasteiger partial charge in [0.2, 0.25) is 0 Å². The van der Waals surface area contributed by atoms with Crippen molar-refractivity contribution in [3.8, 4) is 34.1 Å². The van der Waals surface area contributed by atoms with Gasteiger partial charge in [-0.1, -0.05) is 30.3 Å². The second kappa shape index (κ2) is 14.0. The summed E-state index contributed by atoms with van der Waals surface area (Å²) in [7, 11) is -15.7. The summed E-state index contributed by atoms with van der Waals surface area (Å²) in [4.78, 5) is 9.38. The van der Waals surface area contributed by atoms with Crippen LogP contribution in [0.15, 0.2) is 93.5 Å². The number of amides is 1. The van der Waals surface area contributed by atoms with Gasteiger partial charge in [0.05, 0.1) is 14.7 Å². The zero-order valence-electron chi connectivity index (χ0n) is 27.6. The summed E-state index contributed by atoms with van der Waals surface area (Å²) in [6.45, 7) is -0.699. The van der Waals surface area contributed by atoms with Crippen molar-refractivity contribution in [2.24, 2.45) is 5.73 Å². The third-order valence-corrected chi connectivity index (χ3v) is 11.2. The standard InChI is InChI=1S/C36H31NO14S3/c37-32(38)18-51-36-27-6-20(19-4-2-1-3-5-19)7-28(36)11-26-17-31(54(48,49)50)15-24(35(26)41)9-22-13-29(52(42,43)44)12-21(33(22)39)8-23-14-30(53(45,46)47)16-25(10-27)34(23)40/h1-7,12-17,39-41H,8-11,18H2,(H2,37,38)(H,42,43,44)(H,45,46,47)(H,48,49,50)/p-4.